The predicted octanol–water partition coefficient (Wildman–Crippen LogP) is 1.13. The molecule has 1 aliphatic heterocycles. The molecule has 1 fully saturated rings. The van der Waals surface area contributed by atoms with Gasteiger partial charge in [0.25, 0.3) is 5.91 Å². The molecule has 0 saturated carbocycles. The van der Waals surface area contributed by atoms with Crippen molar-refractivity contribution in [1.29, 1.82) is 0 Å². The molecule has 6 nitrogen and oxygen atoms in total. The number of likely N-dealkylation sites (tertiary alicyclic amines) is 1. The maximum Gasteiger partial charge on any atom is 0.255 e. The summed E-state index contributed by atoms with van der Waals surface area (Å²) in [5, 5.41) is 3.13. The molecule has 1 aromatic carbocycles. The van der Waals surface area contributed by atoms with Gasteiger partial charge < -0.3 is 10.2 Å². The number of carbonyl (C=O) groups is 1. The Hall–Kier alpha value is -1.60. The lowest BCUT2D eigenvalue weighted by Gasteiger charge is -2.19. The quantitative estimate of drug-likeness (QED) is 0.822. The van der Waals surface area contributed by atoms with Crippen molar-refractivity contribution in [3.8, 4) is 0 Å². The van der Waals surface area contributed by atoms with Crippen LogP contribution in [-0.4, -0.2) is 51.7 Å². The van der Waals surface area contributed by atoms with Crippen LogP contribution in [0.1, 0.15) is 23.7 Å². The van der Waals surface area contributed by atoms with Crippen molar-refractivity contribution in [3.05, 3.63) is 29.8 Å². The van der Waals surface area contributed by atoms with E-state index in [2.05, 4.69) is 10.0 Å². The highest BCUT2D eigenvalue weighted by molar-refractivity contribution is 7.92. The van der Waals surface area contributed by atoms with Crippen molar-refractivity contribution < 1.29 is 13.2 Å². The first kappa shape index (κ1) is 16.8. The summed E-state index contributed by atoms with van der Waals surface area (Å²) < 4.78 is 26.0. The molecule has 1 unspecified atom stereocenters. The van der Waals surface area contributed by atoms with Crippen molar-refractivity contribution >= 4 is 21.6 Å². The van der Waals surface area contributed by atoms with Crippen LogP contribution in [0.5, 0.6) is 0 Å². The summed E-state index contributed by atoms with van der Waals surface area (Å²) in [7, 11) is -1.50. The summed E-state index contributed by atoms with van der Waals surface area (Å²) in [5.41, 5.74) is 0.760. The minimum absolute atomic E-state index is 0.0243. The Morgan fingerprint density at radius 1 is 1.36 bits per heavy atom. The molecule has 0 bridgehead atoms. The molecule has 2 rings (SSSR count). The van der Waals surface area contributed by atoms with E-state index in [0.717, 1.165) is 13.0 Å². The molecule has 0 spiro atoms. The van der Waals surface area contributed by atoms with E-state index in [1.54, 1.807) is 36.1 Å². The highest BCUT2D eigenvalue weighted by Gasteiger charge is 2.28. The second-order valence-corrected chi connectivity index (χ2v) is 7.53. The molecule has 1 heterocycles. The summed E-state index contributed by atoms with van der Waals surface area (Å²) >= 11 is 0. The minimum atomic E-state index is -3.40. The Morgan fingerprint density at radius 2 is 2.09 bits per heavy atom. The summed E-state index contributed by atoms with van der Waals surface area (Å²) in [4.78, 5) is 14.5. The van der Waals surface area contributed by atoms with Gasteiger partial charge in [0, 0.05) is 13.1 Å². The summed E-state index contributed by atoms with van der Waals surface area (Å²) in [6, 6.07) is 6.76. The first-order valence-corrected chi connectivity index (χ1v) is 9.15. The van der Waals surface area contributed by atoms with Gasteiger partial charge in [0.1, 0.15) is 0 Å². The second-order valence-electron chi connectivity index (χ2n) is 5.51. The summed E-state index contributed by atoms with van der Waals surface area (Å²) in [6.45, 7) is 3.86. The molecule has 1 aliphatic rings. The molecule has 1 atom stereocenters. The number of carbonyl (C=O) groups excluding carboxylic acids is 1. The zero-order chi connectivity index (χ0) is 16.2. The van der Waals surface area contributed by atoms with E-state index in [1.807, 2.05) is 7.05 Å². The molecule has 2 N–H and O–H groups in total. The first-order valence-electron chi connectivity index (χ1n) is 7.50. The van der Waals surface area contributed by atoms with E-state index in [1.165, 1.54) is 0 Å². The third-order valence-corrected chi connectivity index (χ3v) is 5.16. The van der Waals surface area contributed by atoms with Gasteiger partial charge in [-0.15, -0.1) is 0 Å². The largest absolute Gasteiger partial charge is 0.338 e. The standard InChI is InChI=1S/C15H23N3O3S/c1-3-22(20,21)17-14-7-5-4-6-13(14)15(19)18-9-8-12(11-18)10-16-2/h4-7,12,16-17H,3,8-11H2,1-2H3. The fraction of sp³-hybridized carbons (Fsp3) is 0.533. The molecule has 0 aromatic heterocycles. The van der Waals surface area contributed by atoms with Crippen LogP contribution in [0, 0.1) is 5.92 Å². The molecule has 22 heavy (non-hydrogen) atoms. The van der Waals surface area contributed by atoms with Crippen molar-refractivity contribution in [3.63, 3.8) is 0 Å². The van der Waals surface area contributed by atoms with Crippen molar-refractivity contribution in [2.24, 2.45) is 5.92 Å². The van der Waals surface area contributed by atoms with Gasteiger partial charge in [0.15, 0.2) is 0 Å². The van der Waals surface area contributed by atoms with Crippen LogP contribution in [0.4, 0.5) is 5.69 Å². The molecule has 1 saturated heterocycles. The van der Waals surface area contributed by atoms with Crippen LogP contribution in [0.2, 0.25) is 0 Å². The molecule has 122 valence electrons. The average molecular weight is 325 g/mol. The third-order valence-electron chi connectivity index (χ3n) is 3.87. The zero-order valence-electron chi connectivity index (χ0n) is 13.0. The third kappa shape index (κ3) is 3.98. The monoisotopic (exact) mass is 325 g/mol. The number of hydrogen-bond donors (Lipinski definition) is 2. The summed E-state index contributed by atoms with van der Waals surface area (Å²) in [5.74, 6) is 0.310. The number of benzene rings is 1. The number of sulfonamides is 1. The number of amides is 1. The highest BCUT2D eigenvalue weighted by atomic mass is 32.2. The number of para-hydroxylation sites is 1. The van der Waals surface area contributed by atoms with E-state index in [-0.39, 0.29) is 11.7 Å². The Kier molecular flexibility index (Phi) is 5.42. The van der Waals surface area contributed by atoms with Gasteiger partial charge in [0.2, 0.25) is 10.0 Å². The van der Waals surface area contributed by atoms with Crippen LogP contribution >= 0.6 is 0 Å². The number of nitrogens with zero attached hydrogens (tertiary/aromatic N) is 1. The zero-order valence-corrected chi connectivity index (χ0v) is 13.8. The number of rotatable bonds is 6. The maximum absolute atomic E-state index is 12.7. The van der Waals surface area contributed by atoms with Crippen LogP contribution in [-0.2, 0) is 10.0 Å². The average Bonchev–Trinajstić information content (AvgIpc) is 2.96. The molecule has 7 heteroatoms. The number of hydrogen-bond acceptors (Lipinski definition) is 4. The first-order chi connectivity index (χ1) is 10.5. The lowest BCUT2D eigenvalue weighted by atomic mass is 10.1. The van der Waals surface area contributed by atoms with E-state index in [9.17, 15) is 13.2 Å². The Bertz CT molecular complexity index is 631. The van der Waals surface area contributed by atoms with Gasteiger partial charge >= 0.3 is 0 Å². The van der Waals surface area contributed by atoms with Gasteiger partial charge in [-0.2, -0.15) is 0 Å². The Morgan fingerprint density at radius 3 is 2.77 bits per heavy atom. The maximum atomic E-state index is 12.7. The van der Waals surface area contributed by atoms with Crippen LogP contribution in [0.3, 0.4) is 0 Å². The van der Waals surface area contributed by atoms with Crippen LogP contribution in [0.25, 0.3) is 0 Å². The fourth-order valence-electron chi connectivity index (χ4n) is 2.64. The fourth-order valence-corrected chi connectivity index (χ4v) is 3.30. The van der Waals surface area contributed by atoms with E-state index in [4.69, 9.17) is 0 Å². The van der Waals surface area contributed by atoms with Gasteiger partial charge in [-0.05, 0) is 45.0 Å². The number of anilines is 1. The van der Waals surface area contributed by atoms with Crippen molar-refractivity contribution in [1.82, 2.24) is 10.2 Å². The molecular formula is C15H23N3O3S. The molecule has 0 radical (unpaired) electrons. The molecule has 1 amide bonds. The highest BCUT2D eigenvalue weighted by Crippen LogP contribution is 2.23. The van der Waals surface area contributed by atoms with Gasteiger partial charge in [-0.1, -0.05) is 12.1 Å². The van der Waals surface area contributed by atoms with Crippen LogP contribution < -0.4 is 10.0 Å². The molecule has 1 aromatic rings. The Labute approximate surface area is 131 Å². The normalized spacial score (nSPS) is 18.5. The van der Waals surface area contributed by atoms with Gasteiger partial charge in [0.05, 0.1) is 17.0 Å². The predicted molar refractivity (Wildman–Crippen MR) is 87.5 cm³/mol. The smallest absolute Gasteiger partial charge is 0.255 e. The lowest BCUT2D eigenvalue weighted by molar-refractivity contribution is 0.0788. The van der Waals surface area contributed by atoms with Gasteiger partial charge in [-0.3, -0.25) is 9.52 Å². The SMILES string of the molecule is CCS(=O)(=O)Nc1ccccc1C(=O)N1CCC(CNC)C1. The lowest BCUT2D eigenvalue weighted by Crippen LogP contribution is -2.31. The van der Waals surface area contributed by atoms with Crippen molar-refractivity contribution in [2.45, 2.75) is 13.3 Å². The van der Waals surface area contributed by atoms with E-state index >= 15 is 0 Å². The topological polar surface area (TPSA) is 78.5 Å². The van der Waals surface area contributed by atoms with Gasteiger partial charge in [-0.25, -0.2) is 8.42 Å². The van der Waals surface area contributed by atoms with Crippen LogP contribution in [0.15, 0.2) is 24.3 Å². The molecule has 0 aliphatic carbocycles. The molecular weight excluding hydrogens is 302 g/mol. The minimum Gasteiger partial charge on any atom is -0.338 e. The van der Waals surface area contributed by atoms with E-state index < -0.39 is 10.0 Å². The second kappa shape index (κ2) is 7.11. The van der Waals surface area contributed by atoms with E-state index in [0.29, 0.717) is 30.3 Å². The summed E-state index contributed by atoms with van der Waals surface area (Å²) in [6.07, 6.45) is 0.968. The number of nitrogens with one attached hydrogen (secondary N) is 2. The van der Waals surface area contributed by atoms with Crippen molar-refractivity contribution in [2.75, 3.05) is 37.2 Å². The Balaban J connectivity index is 2.17.